The van der Waals surface area contributed by atoms with Gasteiger partial charge in [-0.2, -0.15) is 13.2 Å². The van der Waals surface area contributed by atoms with Gasteiger partial charge >= 0.3 is 12.1 Å². The summed E-state index contributed by atoms with van der Waals surface area (Å²) >= 11 is 1.45. The van der Waals surface area contributed by atoms with Crippen LogP contribution < -0.4 is 4.90 Å². The maximum absolute atomic E-state index is 13.1. The summed E-state index contributed by atoms with van der Waals surface area (Å²) in [5, 5.41) is 10.7. The molecule has 0 saturated carbocycles. The van der Waals surface area contributed by atoms with Crippen LogP contribution in [-0.4, -0.2) is 18.1 Å². The van der Waals surface area contributed by atoms with Crippen LogP contribution in [0.15, 0.2) is 35.7 Å². The Bertz CT molecular complexity index is 638. The van der Waals surface area contributed by atoms with Crippen LogP contribution in [0.5, 0.6) is 0 Å². The van der Waals surface area contributed by atoms with Crippen LogP contribution in [0.3, 0.4) is 0 Å². The van der Waals surface area contributed by atoms with Gasteiger partial charge in [-0.15, -0.1) is 11.3 Å². The molecule has 1 aromatic heterocycles. The summed E-state index contributed by atoms with van der Waals surface area (Å²) in [7, 11) is 1.55. The molecule has 1 aromatic carbocycles. The van der Waals surface area contributed by atoms with Crippen LogP contribution >= 0.6 is 11.3 Å². The minimum Gasteiger partial charge on any atom is -0.478 e. The van der Waals surface area contributed by atoms with Crippen LogP contribution in [0.4, 0.5) is 18.9 Å². The number of benzene rings is 1. The third-order valence-corrected chi connectivity index (χ3v) is 3.79. The highest BCUT2D eigenvalue weighted by molar-refractivity contribution is 7.09. The minimum atomic E-state index is -4.61. The molecule has 0 spiro atoms. The van der Waals surface area contributed by atoms with Crippen LogP contribution in [-0.2, 0) is 12.7 Å². The van der Waals surface area contributed by atoms with Crippen LogP contribution in [0, 0.1) is 0 Å². The number of anilines is 1. The zero-order valence-corrected chi connectivity index (χ0v) is 11.8. The average molecular weight is 315 g/mol. The Morgan fingerprint density at radius 1 is 1.33 bits per heavy atom. The van der Waals surface area contributed by atoms with Gasteiger partial charge in [0.15, 0.2) is 0 Å². The number of aromatic carboxylic acids is 1. The van der Waals surface area contributed by atoms with Crippen LogP contribution in [0.2, 0.25) is 0 Å². The van der Waals surface area contributed by atoms with E-state index < -0.39 is 17.7 Å². The zero-order chi connectivity index (χ0) is 15.6. The van der Waals surface area contributed by atoms with E-state index in [1.165, 1.54) is 28.4 Å². The highest BCUT2D eigenvalue weighted by Gasteiger charge is 2.35. The number of carboxylic acid groups (broad SMARTS) is 1. The third-order valence-electron chi connectivity index (χ3n) is 2.93. The van der Waals surface area contributed by atoms with E-state index in [1.54, 1.807) is 7.05 Å². The first-order chi connectivity index (χ1) is 9.79. The third kappa shape index (κ3) is 3.55. The summed E-state index contributed by atoms with van der Waals surface area (Å²) in [6.45, 7) is 0.327. The molecule has 112 valence electrons. The van der Waals surface area contributed by atoms with E-state index in [4.69, 9.17) is 5.11 Å². The molecule has 0 fully saturated rings. The number of hydrogen-bond acceptors (Lipinski definition) is 3. The second-order valence-corrected chi connectivity index (χ2v) is 5.50. The molecule has 0 atom stereocenters. The maximum atomic E-state index is 13.1. The van der Waals surface area contributed by atoms with Crippen molar-refractivity contribution in [3.05, 3.63) is 51.7 Å². The van der Waals surface area contributed by atoms with Gasteiger partial charge in [0.25, 0.3) is 0 Å². The average Bonchev–Trinajstić information content (AvgIpc) is 2.89. The predicted molar refractivity (Wildman–Crippen MR) is 74.8 cm³/mol. The van der Waals surface area contributed by atoms with E-state index in [0.717, 1.165) is 4.88 Å². The Morgan fingerprint density at radius 2 is 2.05 bits per heavy atom. The molecule has 1 N–H and O–H groups in total. The van der Waals surface area contributed by atoms with Crippen molar-refractivity contribution in [2.75, 3.05) is 11.9 Å². The lowest BCUT2D eigenvalue weighted by Crippen LogP contribution is -2.21. The molecule has 7 heteroatoms. The van der Waals surface area contributed by atoms with E-state index in [-0.39, 0.29) is 11.3 Å². The molecule has 0 aliphatic rings. The number of thiophene rings is 1. The molecule has 0 amide bonds. The normalized spacial score (nSPS) is 11.4. The van der Waals surface area contributed by atoms with Crippen molar-refractivity contribution in [2.24, 2.45) is 0 Å². The fourth-order valence-corrected chi connectivity index (χ4v) is 2.71. The largest absolute Gasteiger partial charge is 0.478 e. The van der Waals surface area contributed by atoms with Gasteiger partial charge in [-0.25, -0.2) is 4.79 Å². The molecule has 0 bridgehead atoms. The smallest absolute Gasteiger partial charge is 0.418 e. The maximum Gasteiger partial charge on any atom is 0.418 e. The quantitative estimate of drug-likeness (QED) is 0.923. The van der Waals surface area contributed by atoms with E-state index >= 15 is 0 Å². The van der Waals surface area contributed by atoms with Crippen molar-refractivity contribution in [3.63, 3.8) is 0 Å². The second-order valence-electron chi connectivity index (χ2n) is 4.47. The van der Waals surface area contributed by atoms with Crippen molar-refractivity contribution in [2.45, 2.75) is 12.7 Å². The molecule has 0 unspecified atom stereocenters. The molecular weight excluding hydrogens is 303 g/mol. The van der Waals surface area contributed by atoms with E-state index in [9.17, 15) is 18.0 Å². The van der Waals surface area contributed by atoms with Gasteiger partial charge in [0.2, 0.25) is 0 Å². The zero-order valence-electron chi connectivity index (χ0n) is 11.0. The molecule has 2 aromatic rings. The Balaban J connectivity index is 2.40. The number of alkyl halides is 3. The molecule has 0 aliphatic carbocycles. The summed E-state index contributed by atoms with van der Waals surface area (Å²) in [4.78, 5) is 13.2. The molecular formula is C14H12F3NO2S. The number of halogens is 3. The standard InChI is InChI=1S/C14H12F3NO2S/c1-18(8-10-3-2-6-21-10)12-5-4-9(13(19)20)7-11(12)14(15,16)17/h2-7H,8H2,1H3,(H,19,20). The van der Waals surface area contributed by atoms with Gasteiger partial charge in [-0.05, 0) is 29.6 Å². The van der Waals surface area contributed by atoms with Crippen molar-refractivity contribution >= 4 is 23.0 Å². The molecule has 3 nitrogen and oxygen atoms in total. The topological polar surface area (TPSA) is 40.5 Å². The Morgan fingerprint density at radius 3 is 2.57 bits per heavy atom. The summed E-state index contributed by atoms with van der Waals surface area (Å²) in [6.07, 6.45) is -4.61. The molecule has 0 aliphatic heterocycles. The summed E-state index contributed by atoms with van der Waals surface area (Å²) < 4.78 is 39.3. The summed E-state index contributed by atoms with van der Waals surface area (Å²) in [5.41, 5.74) is -1.36. The minimum absolute atomic E-state index is 0.0408. The van der Waals surface area contributed by atoms with Crippen molar-refractivity contribution in [1.82, 2.24) is 0 Å². The number of rotatable bonds is 4. The lowest BCUT2D eigenvalue weighted by atomic mass is 10.1. The molecule has 1 heterocycles. The molecule has 0 saturated heterocycles. The number of hydrogen-bond donors (Lipinski definition) is 1. The van der Waals surface area contributed by atoms with Gasteiger partial charge in [0.1, 0.15) is 0 Å². The second kappa shape index (κ2) is 5.77. The van der Waals surface area contributed by atoms with Gasteiger partial charge in [-0.1, -0.05) is 6.07 Å². The van der Waals surface area contributed by atoms with Crippen molar-refractivity contribution < 1.29 is 23.1 Å². The van der Waals surface area contributed by atoms with Gasteiger partial charge in [-0.3, -0.25) is 0 Å². The molecule has 0 radical (unpaired) electrons. The van der Waals surface area contributed by atoms with E-state index in [2.05, 4.69) is 0 Å². The van der Waals surface area contributed by atoms with Crippen LogP contribution in [0.1, 0.15) is 20.8 Å². The summed E-state index contributed by atoms with van der Waals surface area (Å²) in [6, 6.07) is 6.70. The van der Waals surface area contributed by atoms with Gasteiger partial charge < -0.3 is 10.0 Å². The summed E-state index contributed by atoms with van der Waals surface area (Å²) in [5.74, 6) is -1.38. The monoisotopic (exact) mass is 315 g/mol. The first-order valence-electron chi connectivity index (χ1n) is 5.97. The van der Waals surface area contributed by atoms with Crippen molar-refractivity contribution in [1.29, 1.82) is 0 Å². The fourth-order valence-electron chi connectivity index (χ4n) is 1.95. The van der Waals surface area contributed by atoms with Crippen LogP contribution in [0.25, 0.3) is 0 Å². The Labute approximate surface area is 123 Å². The number of carboxylic acids is 1. The molecule has 21 heavy (non-hydrogen) atoms. The Hall–Kier alpha value is -2.02. The van der Waals surface area contributed by atoms with E-state index in [1.807, 2.05) is 17.5 Å². The highest BCUT2D eigenvalue weighted by atomic mass is 32.1. The van der Waals surface area contributed by atoms with Gasteiger partial charge in [0, 0.05) is 17.6 Å². The SMILES string of the molecule is CN(Cc1cccs1)c1ccc(C(=O)O)cc1C(F)(F)F. The lowest BCUT2D eigenvalue weighted by Gasteiger charge is -2.23. The first kappa shape index (κ1) is 15.4. The Kier molecular flexibility index (Phi) is 4.22. The number of carbonyl (C=O) groups is 1. The van der Waals surface area contributed by atoms with E-state index in [0.29, 0.717) is 12.6 Å². The first-order valence-corrected chi connectivity index (χ1v) is 6.85. The fraction of sp³-hybridized carbons (Fsp3) is 0.214. The van der Waals surface area contributed by atoms with Gasteiger partial charge in [0.05, 0.1) is 17.7 Å². The number of nitrogens with zero attached hydrogens (tertiary/aromatic N) is 1. The lowest BCUT2D eigenvalue weighted by molar-refractivity contribution is -0.137. The molecule has 2 rings (SSSR count). The highest BCUT2D eigenvalue weighted by Crippen LogP contribution is 2.37. The predicted octanol–water partition coefficient (Wildman–Crippen LogP) is 4.10. The van der Waals surface area contributed by atoms with Crippen molar-refractivity contribution in [3.8, 4) is 0 Å².